The maximum Gasteiger partial charge on any atom is 0.261 e. The third-order valence-corrected chi connectivity index (χ3v) is 4.05. The molecule has 2 amide bonds. The molecule has 0 fully saturated rings. The molecule has 0 unspecified atom stereocenters. The number of ether oxygens (including phenoxy) is 1. The van der Waals surface area contributed by atoms with Crippen molar-refractivity contribution in [3.63, 3.8) is 0 Å². The van der Waals surface area contributed by atoms with Crippen molar-refractivity contribution in [2.75, 3.05) is 13.2 Å². The largest absolute Gasteiger partial charge is 0.490 e. The summed E-state index contributed by atoms with van der Waals surface area (Å²) in [6, 6.07) is 11.3. The monoisotopic (exact) mass is 377 g/mol. The number of carbonyl (C=O) groups is 2. The molecule has 0 saturated carbocycles. The van der Waals surface area contributed by atoms with Gasteiger partial charge < -0.3 is 4.74 Å². The number of carbonyl (C=O) groups excluding carboxylic acids is 2. The smallest absolute Gasteiger partial charge is 0.261 e. The van der Waals surface area contributed by atoms with Crippen molar-refractivity contribution < 1.29 is 18.7 Å². The molecule has 0 spiro atoms. The van der Waals surface area contributed by atoms with Crippen molar-refractivity contribution in [3.05, 3.63) is 63.9 Å². The van der Waals surface area contributed by atoms with E-state index in [2.05, 4.69) is 15.9 Å². The number of amides is 2. The van der Waals surface area contributed by atoms with Gasteiger partial charge in [0.2, 0.25) is 0 Å². The lowest BCUT2D eigenvalue weighted by molar-refractivity contribution is 0.0646. The van der Waals surface area contributed by atoms with Gasteiger partial charge in [-0.05, 0) is 36.8 Å². The van der Waals surface area contributed by atoms with Crippen LogP contribution in [0.3, 0.4) is 0 Å². The SMILES string of the molecule is O=C1c2ccccc2C(=O)N1CCCOc1ccc(Br)cc1F. The fourth-order valence-electron chi connectivity index (χ4n) is 2.44. The van der Waals surface area contributed by atoms with E-state index in [1.54, 1.807) is 30.3 Å². The Balaban J connectivity index is 1.56. The minimum Gasteiger partial charge on any atom is -0.490 e. The summed E-state index contributed by atoms with van der Waals surface area (Å²) in [6.45, 7) is 0.455. The average molecular weight is 378 g/mol. The first-order valence-corrected chi connectivity index (χ1v) is 7.90. The van der Waals surface area contributed by atoms with Crippen LogP contribution in [0.4, 0.5) is 4.39 Å². The number of halogens is 2. The summed E-state index contributed by atoms with van der Waals surface area (Å²) in [5, 5.41) is 0. The molecule has 0 aliphatic carbocycles. The second-order valence-corrected chi connectivity index (χ2v) is 6.00. The first-order chi connectivity index (χ1) is 11.1. The van der Waals surface area contributed by atoms with E-state index in [4.69, 9.17) is 4.74 Å². The summed E-state index contributed by atoms with van der Waals surface area (Å²) < 4.78 is 19.6. The van der Waals surface area contributed by atoms with E-state index in [-0.39, 0.29) is 30.7 Å². The van der Waals surface area contributed by atoms with Crippen LogP contribution in [0.1, 0.15) is 27.1 Å². The lowest BCUT2D eigenvalue weighted by atomic mass is 10.1. The van der Waals surface area contributed by atoms with Gasteiger partial charge >= 0.3 is 0 Å². The molecule has 4 nitrogen and oxygen atoms in total. The molecular weight excluding hydrogens is 365 g/mol. The first-order valence-electron chi connectivity index (χ1n) is 7.11. The van der Waals surface area contributed by atoms with E-state index in [1.807, 2.05) is 0 Å². The molecule has 6 heteroatoms. The zero-order chi connectivity index (χ0) is 16.4. The van der Waals surface area contributed by atoms with Crippen molar-refractivity contribution in [1.82, 2.24) is 4.90 Å². The van der Waals surface area contributed by atoms with E-state index >= 15 is 0 Å². The highest BCUT2D eigenvalue weighted by atomic mass is 79.9. The van der Waals surface area contributed by atoms with Crippen LogP contribution in [0, 0.1) is 5.82 Å². The number of fused-ring (bicyclic) bond motifs is 1. The molecule has 1 heterocycles. The van der Waals surface area contributed by atoms with Crippen LogP contribution in [-0.2, 0) is 0 Å². The summed E-state index contributed by atoms with van der Waals surface area (Å²) in [4.78, 5) is 25.5. The second-order valence-electron chi connectivity index (χ2n) is 5.08. The number of nitrogens with zero attached hydrogens (tertiary/aromatic N) is 1. The van der Waals surface area contributed by atoms with Crippen molar-refractivity contribution in [2.45, 2.75) is 6.42 Å². The van der Waals surface area contributed by atoms with Gasteiger partial charge in [0.25, 0.3) is 11.8 Å². The standard InChI is InChI=1S/C17H13BrFNO3/c18-11-6-7-15(14(19)10-11)23-9-3-8-20-16(21)12-4-1-2-5-13(12)17(20)22/h1-2,4-7,10H,3,8-9H2. The molecule has 1 aliphatic heterocycles. The highest BCUT2D eigenvalue weighted by molar-refractivity contribution is 9.10. The summed E-state index contributed by atoms with van der Waals surface area (Å²) in [7, 11) is 0. The quantitative estimate of drug-likeness (QED) is 0.590. The van der Waals surface area contributed by atoms with Gasteiger partial charge in [-0.1, -0.05) is 28.1 Å². The van der Waals surface area contributed by atoms with Crippen LogP contribution in [0.5, 0.6) is 5.75 Å². The molecule has 2 aromatic carbocycles. The molecule has 0 radical (unpaired) electrons. The Morgan fingerprint density at radius 2 is 1.70 bits per heavy atom. The molecule has 2 aromatic rings. The first kappa shape index (κ1) is 15.7. The van der Waals surface area contributed by atoms with Crippen LogP contribution in [0.15, 0.2) is 46.9 Å². The number of imide groups is 1. The van der Waals surface area contributed by atoms with E-state index in [1.165, 1.54) is 17.0 Å². The van der Waals surface area contributed by atoms with Gasteiger partial charge in [0.05, 0.1) is 17.7 Å². The predicted octanol–water partition coefficient (Wildman–Crippen LogP) is 3.65. The van der Waals surface area contributed by atoms with Gasteiger partial charge in [-0.25, -0.2) is 4.39 Å². The van der Waals surface area contributed by atoms with E-state index in [0.29, 0.717) is 22.0 Å². The molecule has 3 rings (SSSR count). The molecule has 23 heavy (non-hydrogen) atoms. The Morgan fingerprint density at radius 3 is 2.30 bits per heavy atom. The van der Waals surface area contributed by atoms with Gasteiger partial charge in [-0.2, -0.15) is 0 Å². The average Bonchev–Trinajstić information content (AvgIpc) is 2.78. The summed E-state index contributed by atoms with van der Waals surface area (Å²) in [5.74, 6) is -0.892. The molecule has 0 atom stereocenters. The van der Waals surface area contributed by atoms with Crippen molar-refractivity contribution in [3.8, 4) is 5.75 Å². The zero-order valence-corrected chi connectivity index (χ0v) is 13.7. The number of hydrogen-bond donors (Lipinski definition) is 0. The lowest BCUT2D eigenvalue weighted by Gasteiger charge is -2.14. The fourth-order valence-corrected chi connectivity index (χ4v) is 2.77. The highest BCUT2D eigenvalue weighted by Crippen LogP contribution is 2.23. The molecule has 0 N–H and O–H groups in total. The minimum absolute atomic E-state index is 0.149. The fraction of sp³-hybridized carbons (Fsp3) is 0.176. The van der Waals surface area contributed by atoms with Crippen LogP contribution >= 0.6 is 15.9 Å². The van der Waals surface area contributed by atoms with Gasteiger partial charge in [-0.15, -0.1) is 0 Å². The molecule has 0 aromatic heterocycles. The molecule has 1 aliphatic rings. The Bertz CT molecular complexity index is 743. The number of benzene rings is 2. The minimum atomic E-state index is -0.458. The normalized spacial score (nSPS) is 13.4. The molecule has 0 bridgehead atoms. The zero-order valence-electron chi connectivity index (χ0n) is 12.1. The Morgan fingerprint density at radius 1 is 1.04 bits per heavy atom. The van der Waals surface area contributed by atoms with Crippen molar-refractivity contribution >= 4 is 27.7 Å². The third kappa shape index (κ3) is 3.12. The topological polar surface area (TPSA) is 46.6 Å². The Labute approximate surface area is 141 Å². The van der Waals surface area contributed by atoms with Crippen LogP contribution < -0.4 is 4.74 Å². The van der Waals surface area contributed by atoms with Gasteiger partial charge in [0.1, 0.15) is 0 Å². The lowest BCUT2D eigenvalue weighted by Crippen LogP contribution is -2.31. The van der Waals surface area contributed by atoms with E-state index in [0.717, 1.165) is 0 Å². The maximum absolute atomic E-state index is 13.6. The predicted molar refractivity (Wildman–Crippen MR) is 86.0 cm³/mol. The summed E-state index contributed by atoms with van der Waals surface area (Å²) in [5.41, 5.74) is 0.856. The van der Waals surface area contributed by atoms with Gasteiger partial charge in [0, 0.05) is 11.0 Å². The van der Waals surface area contributed by atoms with E-state index in [9.17, 15) is 14.0 Å². The van der Waals surface area contributed by atoms with Crippen LogP contribution in [0.25, 0.3) is 0 Å². The number of rotatable bonds is 5. The van der Waals surface area contributed by atoms with Gasteiger partial charge in [0.15, 0.2) is 11.6 Å². The molecule has 118 valence electrons. The second kappa shape index (κ2) is 6.50. The Hall–Kier alpha value is -2.21. The van der Waals surface area contributed by atoms with E-state index < -0.39 is 5.82 Å². The van der Waals surface area contributed by atoms with Crippen molar-refractivity contribution in [2.24, 2.45) is 0 Å². The maximum atomic E-state index is 13.6. The summed E-state index contributed by atoms with van der Waals surface area (Å²) in [6.07, 6.45) is 0.432. The summed E-state index contributed by atoms with van der Waals surface area (Å²) >= 11 is 3.17. The number of hydrogen-bond acceptors (Lipinski definition) is 3. The van der Waals surface area contributed by atoms with Gasteiger partial charge in [-0.3, -0.25) is 14.5 Å². The molecule has 0 saturated heterocycles. The van der Waals surface area contributed by atoms with Crippen molar-refractivity contribution in [1.29, 1.82) is 0 Å². The van der Waals surface area contributed by atoms with Crippen LogP contribution in [-0.4, -0.2) is 29.9 Å². The Kier molecular flexibility index (Phi) is 4.43. The highest BCUT2D eigenvalue weighted by Gasteiger charge is 2.34. The van der Waals surface area contributed by atoms with Crippen LogP contribution in [0.2, 0.25) is 0 Å². The molecular formula is C17H13BrFNO3. The third-order valence-electron chi connectivity index (χ3n) is 3.56.